The van der Waals surface area contributed by atoms with E-state index in [9.17, 15) is 9.59 Å². The summed E-state index contributed by atoms with van der Waals surface area (Å²) in [7, 11) is 2.92. The van der Waals surface area contributed by atoms with Gasteiger partial charge in [-0.25, -0.2) is 0 Å². The van der Waals surface area contributed by atoms with E-state index in [1.807, 2.05) is 0 Å². The predicted octanol–water partition coefficient (Wildman–Crippen LogP) is 1.18. The summed E-state index contributed by atoms with van der Waals surface area (Å²) < 4.78 is 15.4. The summed E-state index contributed by atoms with van der Waals surface area (Å²) in [6.45, 7) is 0.0921. The lowest BCUT2D eigenvalue weighted by Crippen LogP contribution is -2.44. The third-order valence-corrected chi connectivity index (χ3v) is 4.10. The van der Waals surface area contributed by atoms with Crippen LogP contribution in [0.4, 0.5) is 5.69 Å². The minimum atomic E-state index is -0.428. The van der Waals surface area contributed by atoms with Gasteiger partial charge >= 0.3 is 5.97 Å². The first-order valence-corrected chi connectivity index (χ1v) is 7.79. The van der Waals surface area contributed by atoms with Gasteiger partial charge in [-0.15, -0.1) is 0 Å². The molecule has 0 spiro atoms. The van der Waals surface area contributed by atoms with Gasteiger partial charge in [-0.3, -0.25) is 14.7 Å². The number of aromatic nitrogens is 2. The molecule has 1 amide bonds. The zero-order valence-electron chi connectivity index (χ0n) is 14.0. The van der Waals surface area contributed by atoms with E-state index in [-0.39, 0.29) is 25.0 Å². The molecule has 8 nitrogen and oxygen atoms in total. The Kier molecular flexibility index (Phi) is 4.87. The van der Waals surface area contributed by atoms with Gasteiger partial charge in [-0.1, -0.05) is 0 Å². The standard InChI is InChI=1S/C17H19N3O5/c1-23-12-3-5-13(6-4-12)25-10-16(21)20-9-11(17(22)24-2)7-14-15(20)8-18-19-14/h3-6,8,11H,7,9-10H2,1-2H3,(H,18,19)/t11-/m0/s1. The summed E-state index contributed by atoms with van der Waals surface area (Å²) in [5.74, 6) is 0.228. The zero-order valence-corrected chi connectivity index (χ0v) is 14.0. The molecule has 132 valence electrons. The molecule has 3 rings (SSSR count). The van der Waals surface area contributed by atoms with Crippen LogP contribution in [0.3, 0.4) is 0 Å². The maximum Gasteiger partial charge on any atom is 0.310 e. The number of esters is 1. The topological polar surface area (TPSA) is 93.8 Å². The Morgan fingerprint density at radius 2 is 1.96 bits per heavy atom. The second-order valence-corrected chi connectivity index (χ2v) is 5.63. The summed E-state index contributed by atoms with van der Waals surface area (Å²) >= 11 is 0. The fourth-order valence-corrected chi connectivity index (χ4v) is 2.77. The van der Waals surface area contributed by atoms with Gasteiger partial charge in [0.2, 0.25) is 0 Å². The third kappa shape index (κ3) is 3.57. The number of hydrogen-bond acceptors (Lipinski definition) is 6. The largest absolute Gasteiger partial charge is 0.497 e. The number of methoxy groups -OCH3 is 2. The average Bonchev–Trinajstić information content (AvgIpc) is 3.13. The lowest BCUT2D eigenvalue weighted by Gasteiger charge is -2.30. The number of H-pyrrole nitrogens is 1. The number of fused-ring (bicyclic) bond motifs is 1. The first kappa shape index (κ1) is 16.8. The van der Waals surface area contributed by atoms with Crippen molar-refractivity contribution >= 4 is 17.6 Å². The summed E-state index contributed by atoms with van der Waals surface area (Å²) in [6, 6.07) is 6.95. The van der Waals surface area contributed by atoms with Gasteiger partial charge in [0.1, 0.15) is 11.5 Å². The first-order chi connectivity index (χ1) is 12.1. The van der Waals surface area contributed by atoms with Crippen molar-refractivity contribution in [3.63, 3.8) is 0 Å². The minimum Gasteiger partial charge on any atom is -0.497 e. The van der Waals surface area contributed by atoms with E-state index >= 15 is 0 Å². The maximum absolute atomic E-state index is 12.6. The molecule has 1 aromatic carbocycles. The van der Waals surface area contributed by atoms with Gasteiger partial charge in [0.05, 0.1) is 37.7 Å². The molecule has 2 heterocycles. The zero-order chi connectivity index (χ0) is 17.8. The average molecular weight is 345 g/mol. The van der Waals surface area contributed by atoms with E-state index in [0.29, 0.717) is 23.6 Å². The van der Waals surface area contributed by atoms with Crippen LogP contribution in [0.15, 0.2) is 30.5 Å². The number of benzene rings is 1. The number of carbonyl (C=O) groups is 2. The van der Waals surface area contributed by atoms with Gasteiger partial charge in [0, 0.05) is 13.0 Å². The van der Waals surface area contributed by atoms with Crippen LogP contribution in [-0.2, 0) is 20.7 Å². The molecule has 1 atom stereocenters. The Hall–Kier alpha value is -3.03. The van der Waals surface area contributed by atoms with E-state index in [1.54, 1.807) is 37.6 Å². The van der Waals surface area contributed by atoms with E-state index in [2.05, 4.69) is 10.2 Å². The van der Waals surface area contributed by atoms with Gasteiger partial charge in [0.25, 0.3) is 5.91 Å². The van der Waals surface area contributed by atoms with Crippen molar-refractivity contribution in [3.05, 3.63) is 36.2 Å². The van der Waals surface area contributed by atoms with Gasteiger partial charge in [-0.2, -0.15) is 5.10 Å². The molecular formula is C17H19N3O5. The van der Waals surface area contributed by atoms with Crippen LogP contribution >= 0.6 is 0 Å². The number of aromatic amines is 1. The van der Waals surface area contributed by atoms with E-state index in [0.717, 1.165) is 5.69 Å². The number of nitrogens with zero attached hydrogens (tertiary/aromatic N) is 2. The fraction of sp³-hybridized carbons (Fsp3) is 0.353. The predicted molar refractivity (Wildman–Crippen MR) is 88.6 cm³/mol. The second kappa shape index (κ2) is 7.25. The summed E-state index contributed by atoms with van der Waals surface area (Å²) in [6.07, 6.45) is 2.04. The summed E-state index contributed by atoms with van der Waals surface area (Å²) in [4.78, 5) is 26.0. The Morgan fingerprint density at radius 1 is 1.24 bits per heavy atom. The van der Waals surface area contributed by atoms with Crippen molar-refractivity contribution in [2.45, 2.75) is 6.42 Å². The van der Waals surface area contributed by atoms with E-state index in [4.69, 9.17) is 14.2 Å². The number of nitrogens with one attached hydrogen (secondary N) is 1. The lowest BCUT2D eigenvalue weighted by molar-refractivity contribution is -0.145. The molecule has 0 aliphatic carbocycles. The number of amides is 1. The SMILES string of the molecule is COC(=O)[C@H]1Cc2[nH]ncc2N(C(=O)COc2ccc(OC)cc2)C1. The monoisotopic (exact) mass is 345 g/mol. The maximum atomic E-state index is 12.6. The van der Waals surface area contributed by atoms with Crippen molar-refractivity contribution in [1.29, 1.82) is 0 Å². The quantitative estimate of drug-likeness (QED) is 0.818. The molecule has 8 heteroatoms. The molecule has 1 N–H and O–H groups in total. The number of ether oxygens (including phenoxy) is 3. The third-order valence-electron chi connectivity index (χ3n) is 4.10. The van der Waals surface area contributed by atoms with Crippen LogP contribution in [0.1, 0.15) is 5.69 Å². The van der Waals surface area contributed by atoms with Crippen LogP contribution < -0.4 is 14.4 Å². The smallest absolute Gasteiger partial charge is 0.310 e. The molecule has 0 bridgehead atoms. The van der Waals surface area contributed by atoms with Crippen LogP contribution in [0, 0.1) is 5.92 Å². The molecule has 0 radical (unpaired) electrons. The Balaban J connectivity index is 1.69. The highest BCUT2D eigenvalue weighted by molar-refractivity contribution is 5.96. The fourth-order valence-electron chi connectivity index (χ4n) is 2.77. The molecule has 1 aliphatic heterocycles. The normalized spacial score (nSPS) is 16.1. The van der Waals surface area contributed by atoms with Crippen molar-refractivity contribution in [2.75, 3.05) is 32.3 Å². The van der Waals surface area contributed by atoms with E-state index in [1.165, 1.54) is 12.0 Å². The Bertz CT molecular complexity index is 756. The molecular weight excluding hydrogens is 326 g/mol. The van der Waals surface area contributed by atoms with Crippen LogP contribution in [-0.4, -0.2) is 49.4 Å². The van der Waals surface area contributed by atoms with Crippen molar-refractivity contribution < 1.29 is 23.8 Å². The van der Waals surface area contributed by atoms with E-state index < -0.39 is 5.92 Å². The van der Waals surface area contributed by atoms with Gasteiger partial charge in [-0.05, 0) is 24.3 Å². The number of rotatable bonds is 5. The van der Waals surface area contributed by atoms with Crippen LogP contribution in [0.5, 0.6) is 11.5 Å². The molecule has 0 fully saturated rings. The summed E-state index contributed by atoms with van der Waals surface area (Å²) in [5.41, 5.74) is 1.41. The molecule has 1 aliphatic rings. The molecule has 2 aromatic rings. The Labute approximate surface area is 144 Å². The van der Waals surface area contributed by atoms with Gasteiger partial charge < -0.3 is 19.1 Å². The molecule has 0 saturated heterocycles. The van der Waals surface area contributed by atoms with Crippen LogP contribution in [0.25, 0.3) is 0 Å². The number of carbonyl (C=O) groups excluding carboxylic acids is 2. The second-order valence-electron chi connectivity index (χ2n) is 5.63. The minimum absolute atomic E-state index is 0.148. The lowest BCUT2D eigenvalue weighted by atomic mass is 9.97. The highest BCUT2D eigenvalue weighted by atomic mass is 16.5. The van der Waals surface area contributed by atoms with Crippen molar-refractivity contribution in [3.8, 4) is 11.5 Å². The van der Waals surface area contributed by atoms with Gasteiger partial charge in [0.15, 0.2) is 6.61 Å². The molecule has 25 heavy (non-hydrogen) atoms. The van der Waals surface area contributed by atoms with Crippen molar-refractivity contribution in [1.82, 2.24) is 10.2 Å². The molecule has 0 saturated carbocycles. The highest BCUT2D eigenvalue weighted by Crippen LogP contribution is 2.28. The highest BCUT2D eigenvalue weighted by Gasteiger charge is 2.34. The van der Waals surface area contributed by atoms with Crippen molar-refractivity contribution in [2.24, 2.45) is 5.92 Å². The Morgan fingerprint density at radius 3 is 2.64 bits per heavy atom. The first-order valence-electron chi connectivity index (χ1n) is 7.79. The summed E-state index contributed by atoms with van der Waals surface area (Å²) in [5, 5.41) is 6.80. The number of hydrogen-bond donors (Lipinski definition) is 1. The number of anilines is 1. The molecule has 1 aromatic heterocycles. The van der Waals surface area contributed by atoms with Crippen LogP contribution in [0.2, 0.25) is 0 Å². The molecule has 0 unspecified atom stereocenters.